The number of hydrogen-bond acceptors (Lipinski definition) is 2. The number of halogens is 2. The van der Waals surface area contributed by atoms with Gasteiger partial charge in [0, 0.05) is 33.6 Å². The lowest BCUT2D eigenvalue weighted by Gasteiger charge is -2.05. The van der Waals surface area contributed by atoms with Crippen LogP contribution in [0.15, 0.2) is 41.4 Å². The largest absolute Gasteiger partial charge is 0.250 e. The van der Waals surface area contributed by atoms with Gasteiger partial charge in [0.2, 0.25) is 0 Å². The van der Waals surface area contributed by atoms with E-state index in [-0.39, 0.29) is 0 Å². The lowest BCUT2D eigenvalue weighted by Crippen LogP contribution is -1.88. The molecule has 0 fully saturated rings. The van der Waals surface area contributed by atoms with Gasteiger partial charge in [0.05, 0.1) is 0 Å². The van der Waals surface area contributed by atoms with Gasteiger partial charge < -0.3 is 0 Å². The number of fused-ring (bicyclic) bond motifs is 1. The van der Waals surface area contributed by atoms with E-state index in [4.69, 9.17) is 23.2 Å². The third kappa shape index (κ3) is 1.99. The molecule has 0 spiro atoms. The van der Waals surface area contributed by atoms with Gasteiger partial charge in [0.15, 0.2) is 5.82 Å². The van der Waals surface area contributed by atoms with Crippen molar-refractivity contribution in [3.8, 4) is 11.1 Å². The van der Waals surface area contributed by atoms with Gasteiger partial charge in [-0.2, -0.15) is 5.10 Å². The molecule has 0 saturated carbocycles. The van der Waals surface area contributed by atoms with Gasteiger partial charge in [-0.1, -0.05) is 41.4 Å². The molecule has 1 aromatic heterocycles. The highest BCUT2D eigenvalue weighted by molar-refractivity contribution is 6.36. The van der Waals surface area contributed by atoms with Crippen LogP contribution in [0.25, 0.3) is 22.0 Å². The van der Waals surface area contributed by atoms with E-state index in [1.807, 2.05) is 37.4 Å². The molecule has 0 aliphatic carbocycles. The van der Waals surface area contributed by atoms with Crippen molar-refractivity contribution in [1.82, 2.24) is 9.78 Å². The van der Waals surface area contributed by atoms with Crippen molar-refractivity contribution in [1.29, 1.82) is 0 Å². The Morgan fingerprint density at radius 2 is 1.95 bits per heavy atom. The minimum atomic E-state index is 0.601. The molecular formula is C15H11Cl2N3. The van der Waals surface area contributed by atoms with Crippen LogP contribution in [0.4, 0.5) is 5.82 Å². The molecule has 5 heteroatoms. The molecule has 0 amide bonds. The van der Waals surface area contributed by atoms with E-state index in [0.717, 1.165) is 27.8 Å². The first-order valence-corrected chi connectivity index (χ1v) is 6.75. The van der Waals surface area contributed by atoms with Gasteiger partial charge >= 0.3 is 0 Å². The van der Waals surface area contributed by atoms with Gasteiger partial charge in [-0.15, -0.1) is 0 Å². The Morgan fingerprint density at radius 3 is 2.65 bits per heavy atom. The topological polar surface area (TPSA) is 30.2 Å². The zero-order valence-electron chi connectivity index (χ0n) is 10.8. The second-order valence-electron chi connectivity index (χ2n) is 4.43. The Labute approximate surface area is 126 Å². The maximum absolute atomic E-state index is 6.29. The van der Waals surface area contributed by atoms with Crippen molar-refractivity contribution in [2.45, 2.75) is 0 Å². The Morgan fingerprint density at radius 1 is 1.15 bits per heavy atom. The average molecular weight is 304 g/mol. The van der Waals surface area contributed by atoms with Crippen LogP contribution in [0, 0.1) is 0 Å². The second-order valence-corrected chi connectivity index (χ2v) is 5.27. The SMILES string of the molecule is C=Nc1c2cccc(-c3ccc(Cl)cc3Cl)c2nn1C. The molecule has 1 heterocycles. The van der Waals surface area contributed by atoms with E-state index in [1.54, 1.807) is 10.7 Å². The number of aryl methyl sites for hydroxylation is 1. The first-order chi connectivity index (χ1) is 9.61. The second kappa shape index (κ2) is 4.93. The number of rotatable bonds is 2. The standard InChI is InChI=1S/C15H11Cl2N3/c1-18-15-12-5-3-4-11(14(12)19-20(15)2)10-7-6-9(16)8-13(10)17/h3-8H,1H2,2H3. The van der Waals surface area contributed by atoms with E-state index in [0.29, 0.717) is 10.0 Å². The molecule has 2 aromatic carbocycles. The van der Waals surface area contributed by atoms with Crippen LogP contribution in [0.1, 0.15) is 0 Å². The normalized spacial score (nSPS) is 10.9. The fraction of sp³-hybridized carbons (Fsp3) is 0.0667. The molecule has 0 saturated heterocycles. The Kier molecular flexibility index (Phi) is 3.24. The smallest absolute Gasteiger partial charge is 0.157 e. The molecule has 0 radical (unpaired) electrons. The van der Waals surface area contributed by atoms with E-state index >= 15 is 0 Å². The molecule has 0 aliphatic heterocycles. The Balaban J connectivity index is 2.34. The highest BCUT2D eigenvalue weighted by Crippen LogP contribution is 2.36. The van der Waals surface area contributed by atoms with Gasteiger partial charge in [-0.05, 0) is 24.9 Å². The fourth-order valence-electron chi connectivity index (χ4n) is 2.32. The molecular weight excluding hydrogens is 293 g/mol. The van der Waals surface area contributed by atoms with Crippen molar-refractivity contribution in [3.05, 3.63) is 46.4 Å². The summed E-state index contributed by atoms with van der Waals surface area (Å²) >= 11 is 12.2. The molecule has 0 aliphatic rings. The summed E-state index contributed by atoms with van der Waals surface area (Å²) in [6.07, 6.45) is 0. The summed E-state index contributed by atoms with van der Waals surface area (Å²) in [6, 6.07) is 11.4. The monoisotopic (exact) mass is 303 g/mol. The predicted molar refractivity (Wildman–Crippen MR) is 85.4 cm³/mol. The minimum Gasteiger partial charge on any atom is -0.250 e. The maximum Gasteiger partial charge on any atom is 0.157 e. The average Bonchev–Trinajstić information content (AvgIpc) is 2.74. The first-order valence-electron chi connectivity index (χ1n) is 5.99. The third-order valence-corrected chi connectivity index (χ3v) is 3.75. The first kappa shape index (κ1) is 13.2. The summed E-state index contributed by atoms with van der Waals surface area (Å²) in [6.45, 7) is 3.59. The molecule has 20 heavy (non-hydrogen) atoms. The lowest BCUT2D eigenvalue weighted by molar-refractivity contribution is 0.783. The zero-order valence-corrected chi connectivity index (χ0v) is 12.3. The van der Waals surface area contributed by atoms with Gasteiger partial charge in [0.1, 0.15) is 5.52 Å². The van der Waals surface area contributed by atoms with Crippen LogP contribution in [0.2, 0.25) is 10.0 Å². The van der Waals surface area contributed by atoms with Crippen LogP contribution < -0.4 is 0 Å². The van der Waals surface area contributed by atoms with Crippen LogP contribution >= 0.6 is 23.2 Å². The van der Waals surface area contributed by atoms with E-state index in [1.165, 1.54) is 0 Å². The van der Waals surface area contributed by atoms with Crippen LogP contribution in [0.3, 0.4) is 0 Å². The molecule has 3 nitrogen and oxygen atoms in total. The molecule has 100 valence electrons. The summed E-state index contributed by atoms with van der Waals surface area (Å²) in [7, 11) is 1.84. The number of hydrogen-bond donors (Lipinski definition) is 0. The van der Waals surface area contributed by atoms with E-state index < -0.39 is 0 Å². The number of nitrogens with zero attached hydrogens (tertiary/aromatic N) is 3. The van der Waals surface area contributed by atoms with Crippen molar-refractivity contribution in [2.24, 2.45) is 12.0 Å². The summed E-state index contributed by atoms with van der Waals surface area (Å²) in [4.78, 5) is 4.03. The summed E-state index contributed by atoms with van der Waals surface area (Å²) in [5.74, 6) is 0.743. The van der Waals surface area contributed by atoms with Crippen molar-refractivity contribution in [3.63, 3.8) is 0 Å². The number of benzene rings is 2. The lowest BCUT2D eigenvalue weighted by atomic mass is 10.0. The summed E-state index contributed by atoms with van der Waals surface area (Å²) < 4.78 is 1.71. The van der Waals surface area contributed by atoms with Crippen LogP contribution in [-0.4, -0.2) is 16.5 Å². The Hall–Kier alpha value is -1.84. The van der Waals surface area contributed by atoms with E-state index in [9.17, 15) is 0 Å². The minimum absolute atomic E-state index is 0.601. The molecule has 3 aromatic rings. The molecule has 0 unspecified atom stereocenters. The van der Waals surface area contributed by atoms with Crippen molar-refractivity contribution < 1.29 is 0 Å². The molecule has 3 rings (SSSR count). The molecule has 0 bridgehead atoms. The van der Waals surface area contributed by atoms with Gasteiger partial charge in [-0.25, -0.2) is 9.67 Å². The predicted octanol–water partition coefficient (Wildman–Crippen LogP) is 4.88. The van der Waals surface area contributed by atoms with Crippen molar-refractivity contribution >= 4 is 46.6 Å². The molecule has 0 atom stereocenters. The highest BCUT2D eigenvalue weighted by atomic mass is 35.5. The van der Waals surface area contributed by atoms with Crippen molar-refractivity contribution in [2.75, 3.05) is 0 Å². The third-order valence-electron chi connectivity index (χ3n) is 3.20. The van der Waals surface area contributed by atoms with Gasteiger partial charge in [-0.3, -0.25) is 0 Å². The van der Waals surface area contributed by atoms with Crippen LogP contribution in [0.5, 0.6) is 0 Å². The fourth-order valence-corrected chi connectivity index (χ4v) is 2.83. The van der Waals surface area contributed by atoms with Gasteiger partial charge in [0.25, 0.3) is 0 Å². The van der Waals surface area contributed by atoms with E-state index in [2.05, 4.69) is 16.8 Å². The summed E-state index contributed by atoms with van der Waals surface area (Å²) in [5.41, 5.74) is 2.70. The zero-order chi connectivity index (χ0) is 14.3. The quantitative estimate of drug-likeness (QED) is 0.621. The summed E-state index contributed by atoms with van der Waals surface area (Å²) in [5, 5.41) is 6.68. The number of aliphatic imine (C=N–C) groups is 1. The number of aromatic nitrogens is 2. The molecule has 0 N–H and O–H groups in total. The maximum atomic E-state index is 6.29. The Bertz CT molecular complexity index is 821. The van der Waals surface area contributed by atoms with Crippen LogP contribution in [-0.2, 0) is 7.05 Å². The highest BCUT2D eigenvalue weighted by Gasteiger charge is 2.14.